The van der Waals surface area contributed by atoms with Crippen molar-refractivity contribution in [3.05, 3.63) is 12.2 Å². The van der Waals surface area contributed by atoms with Crippen LogP contribution >= 0.6 is 0 Å². The number of ether oxygens (including phenoxy) is 2. The van der Waals surface area contributed by atoms with Crippen LogP contribution in [0.15, 0.2) is 12.2 Å². The third kappa shape index (κ3) is 2.88. The van der Waals surface area contributed by atoms with Gasteiger partial charge in [-0.1, -0.05) is 6.58 Å². The lowest BCUT2D eigenvalue weighted by atomic mass is 9.63. The molecule has 118 valence electrons. The summed E-state index contributed by atoms with van der Waals surface area (Å²) in [4.78, 5) is 12.1. The van der Waals surface area contributed by atoms with Gasteiger partial charge >= 0.3 is 5.97 Å². The highest BCUT2D eigenvalue weighted by molar-refractivity contribution is 5.87. The normalized spacial score (nSPS) is 40.9. The monoisotopic (exact) mass is 294 g/mol. The second-order valence-corrected chi connectivity index (χ2v) is 7.40. The van der Waals surface area contributed by atoms with Gasteiger partial charge in [0.2, 0.25) is 0 Å². The summed E-state index contributed by atoms with van der Waals surface area (Å²) in [5, 5.41) is 9.10. The summed E-state index contributed by atoms with van der Waals surface area (Å²) in [6, 6.07) is 0. The van der Waals surface area contributed by atoms with Gasteiger partial charge in [0.1, 0.15) is 5.60 Å². The molecule has 0 radical (unpaired) electrons. The van der Waals surface area contributed by atoms with Crippen molar-refractivity contribution in [2.75, 3.05) is 13.2 Å². The van der Waals surface area contributed by atoms with Crippen molar-refractivity contribution in [1.82, 2.24) is 0 Å². The van der Waals surface area contributed by atoms with Crippen molar-refractivity contribution in [1.29, 1.82) is 0 Å². The standard InChI is InChI=1S/C17H26O4/c1-12(2)15(19)21-17-8-13-3-4-16(11-17,20-6-5-18)9-14(7-13)10-17/h13-14,18H,1,3-11H2,2H3. The van der Waals surface area contributed by atoms with E-state index < -0.39 is 0 Å². The van der Waals surface area contributed by atoms with E-state index in [9.17, 15) is 4.79 Å². The number of hydrogen-bond acceptors (Lipinski definition) is 4. The number of aliphatic hydroxyl groups excluding tert-OH is 1. The molecule has 4 heteroatoms. The lowest BCUT2D eigenvalue weighted by Gasteiger charge is -2.51. The van der Waals surface area contributed by atoms with Crippen molar-refractivity contribution >= 4 is 5.97 Å². The zero-order valence-corrected chi connectivity index (χ0v) is 12.9. The Labute approximate surface area is 126 Å². The summed E-state index contributed by atoms with van der Waals surface area (Å²) in [5.74, 6) is 0.953. The van der Waals surface area contributed by atoms with Crippen LogP contribution in [0.1, 0.15) is 51.9 Å². The molecule has 0 saturated heterocycles. The molecule has 4 atom stereocenters. The van der Waals surface area contributed by atoms with Gasteiger partial charge in [-0.25, -0.2) is 4.79 Å². The molecule has 0 aromatic heterocycles. The molecule has 0 aromatic carbocycles. The number of esters is 1. The van der Waals surface area contributed by atoms with Crippen LogP contribution < -0.4 is 0 Å². The summed E-state index contributed by atoms with van der Waals surface area (Å²) in [6.07, 6.45) is 7.17. The maximum Gasteiger partial charge on any atom is 0.333 e. The quantitative estimate of drug-likeness (QED) is 0.625. The highest BCUT2D eigenvalue weighted by Crippen LogP contribution is 2.57. The molecule has 0 aromatic rings. The van der Waals surface area contributed by atoms with Crippen LogP contribution in [0.4, 0.5) is 0 Å². The lowest BCUT2D eigenvalue weighted by molar-refractivity contribution is -0.192. The minimum absolute atomic E-state index is 0.0500. The third-order valence-electron chi connectivity index (χ3n) is 5.46. The topological polar surface area (TPSA) is 55.8 Å². The Morgan fingerprint density at radius 1 is 1.29 bits per heavy atom. The molecule has 4 nitrogen and oxygen atoms in total. The van der Waals surface area contributed by atoms with E-state index in [1.54, 1.807) is 6.92 Å². The lowest BCUT2D eigenvalue weighted by Crippen LogP contribution is -2.53. The zero-order chi connectivity index (χ0) is 15.1. The van der Waals surface area contributed by atoms with Gasteiger partial charge in [-0.3, -0.25) is 0 Å². The Morgan fingerprint density at radius 3 is 2.71 bits per heavy atom. The van der Waals surface area contributed by atoms with E-state index in [0.717, 1.165) is 38.5 Å². The average Bonchev–Trinajstić information content (AvgIpc) is 2.60. The molecule has 0 spiro atoms. The molecule has 1 N–H and O–H groups in total. The minimum atomic E-state index is -0.367. The molecule has 4 rings (SSSR count). The third-order valence-corrected chi connectivity index (χ3v) is 5.46. The number of hydrogen-bond donors (Lipinski definition) is 1. The van der Waals surface area contributed by atoms with Gasteiger partial charge < -0.3 is 14.6 Å². The maximum atomic E-state index is 12.1. The summed E-state index contributed by atoms with van der Waals surface area (Å²) in [7, 11) is 0. The van der Waals surface area contributed by atoms with Gasteiger partial charge in [-0.05, 0) is 57.3 Å². The molecular weight excluding hydrogens is 268 g/mol. The Hall–Kier alpha value is -0.870. The fraction of sp³-hybridized carbons (Fsp3) is 0.824. The van der Waals surface area contributed by atoms with Crippen LogP contribution in [-0.4, -0.2) is 35.5 Å². The zero-order valence-electron chi connectivity index (χ0n) is 12.9. The van der Waals surface area contributed by atoms with E-state index in [2.05, 4.69) is 6.58 Å². The van der Waals surface area contributed by atoms with E-state index >= 15 is 0 Å². The maximum absolute atomic E-state index is 12.1. The second kappa shape index (κ2) is 5.40. The van der Waals surface area contributed by atoms with Gasteiger partial charge in [0.25, 0.3) is 0 Å². The van der Waals surface area contributed by atoms with Crippen LogP contribution in [0.3, 0.4) is 0 Å². The van der Waals surface area contributed by atoms with E-state index in [1.807, 2.05) is 0 Å². The molecule has 4 aliphatic rings. The number of aliphatic hydroxyl groups is 1. The van der Waals surface area contributed by atoms with Crippen LogP contribution in [0.2, 0.25) is 0 Å². The summed E-state index contributed by atoms with van der Waals surface area (Å²) in [5.41, 5.74) is -0.102. The molecule has 4 unspecified atom stereocenters. The van der Waals surface area contributed by atoms with E-state index in [4.69, 9.17) is 14.6 Å². The number of carbonyl (C=O) groups excluding carboxylic acids is 1. The number of rotatable bonds is 5. The SMILES string of the molecule is C=C(C)C(=O)OC12CC3CCC(OCCO)(CC(C3)C1)C2. The summed E-state index contributed by atoms with van der Waals surface area (Å²) >= 11 is 0. The number of carbonyl (C=O) groups is 1. The van der Waals surface area contributed by atoms with Crippen molar-refractivity contribution in [3.8, 4) is 0 Å². The highest BCUT2D eigenvalue weighted by Gasteiger charge is 2.57. The first kappa shape index (κ1) is 15.0. The van der Waals surface area contributed by atoms with Gasteiger partial charge in [-0.15, -0.1) is 0 Å². The molecule has 21 heavy (non-hydrogen) atoms. The first-order valence-corrected chi connectivity index (χ1v) is 8.10. The van der Waals surface area contributed by atoms with Crippen LogP contribution in [0.25, 0.3) is 0 Å². The van der Waals surface area contributed by atoms with Crippen LogP contribution in [0.5, 0.6) is 0 Å². The van der Waals surface area contributed by atoms with Crippen molar-refractivity contribution < 1.29 is 19.4 Å². The van der Waals surface area contributed by atoms with Crippen LogP contribution in [0, 0.1) is 11.8 Å². The van der Waals surface area contributed by atoms with E-state index in [-0.39, 0.29) is 23.8 Å². The van der Waals surface area contributed by atoms with Crippen molar-refractivity contribution in [3.63, 3.8) is 0 Å². The average molecular weight is 294 g/mol. The highest BCUT2D eigenvalue weighted by atomic mass is 16.6. The Morgan fingerprint density at radius 2 is 2.00 bits per heavy atom. The molecular formula is C17H26O4. The van der Waals surface area contributed by atoms with Crippen molar-refractivity contribution in [2.24, 2.45) is 11.8 Å². The predicted molar refractivity (Wildman–Crippen MR) is 78.7 cm³/mol. The van der Waals surface area contributed by atoms with Gasteiger partial charge in [0.05, 0.1) is 18.8 Å². The molecule has 0 heterocycles. The van der Waals surface area contributed by atoms with Crippen molar-refractivity contribution in [2.45, 2.75) is 63.1 Å². The summed E-state index contributed by atoms with van der Waals surface area (Å²) < 4.78 is 12.0. The van der Waals surface area contributed by atoms with Crippen LogP contribution in [-0.2, 0) is 14.3 Å². The molecule has 4 saturated carbocycles. The molecule has 0 amide bonds. The second-order valence-electron chi connectivity index (χ2n) is 7.40. The van der Waals surface area contributed by atoms with Gasteiger partial charge in [0, 0.05) is 12.0 Å². The smallest absolute Gasteiger partial charge is 0.333 e. The van der Waals surface area contributed by atoms with E-state index in [1.165, 1.54) is 6.42 Å². The van der Waals surface area contributed by atoms with Gasteiger partial charge in [0.15, 0.2) is 0 Å². The first-order chi connectivity index (χ1) is 9.96. The Balaban J connectivity index is 1.84. The largest absolute Gasteiger partial charge is 0.456 e. The molecule has 0 aliphatic heterocycles. The molecule has 4 bridgehead atoms. The predicted octanol–water partition coefficient (Wildman–Crippen LogP) is 2.60. The van der Waals surface area contributed by atoms with E-state index in [0.29, 0.717) is 24.0 Å². The minimum Gasteiger partial charge on any atom is -0.456 e. The first-order valence-electron chi connectivity index (χ1n) is 8.10. The number of fused-ring (bicyclic) bond motifs is 1. The Bertz CT molecular complexity index is 446. The Kier molecular flexibility index (Phi) is 3.87. The van der Waals surface area contributed by atoms with Gasteiger partial charge in [-0.2, -0.15) is 0 Å². The fourth-order valence-electron chi connectivity index (χ4n) is 4.98. The molecule has 4 aliphatic carbocycles. The fourth-order valence-corrected chi connectivity index (χ4v) is 4.98. The molecule has 4 fully saturated rings. The summed E-state index contributed by atoms with van der Waals surface area (Å²) in [6.45, 7) is 5.83.